The van der Waals surface area contributed by atoms with Gasteiger partial charge in [-0.3, -0.25) is 0 Å². The molecule has 0 aliphatic carbocycles. The first-order valence-corrected chi connectivity index (χ1v) is 5.43. The van der Waals surface area contributed by atoms with Crippen LogP contribution in [-0.2, 0) is 0 Å². The van der Waals surface area contributed by atoms with E-state index in [1.807, 2.05) is 10.8 Å². The second kappa shape index (κ2) is 4.52. The first-order chi connectivity index (χ1) is 7.72. The lowest BCUT2D eigenvalue weighted by Gasteiger charge is -2.28. The Bertz CT molecular complexity index is 405. The van der Waals surface area contributed by atoms with E-state index in [0.29, 0.717) is 5.69 Å². The summed E-state index contributed by atoms with van der Waals surface area (Å²) in [5.41, 5.74) is 0.314. The SMILES string of the molecule is C#Cc1c(F)cc(N2CCCCC2)cc1F. The summed E-state index contributed by atoms with van der Waals surface area (Å²) in [5.74, 6) is 0.725. The Labute approximate surface area is 94.1 Å². The highest BCUT2D eigenvalue weighted by Crippen LogP contribution is 2.24. The molecule has 0 saturated carbocycles. The molecule has 84 valence electrons. The summed E-state index contributed by atoms with van der Waals surface area (Å²) < 4.78 is 26.9. The smallest absolute Gasteiger partial charge is 0.143 e. The Morgan fingerprint density at radius 2 is 1.62 bits per heavy atom. The Kier molecular flexibility index (Phi) is 3.09. The molecule has 1 saturated heterocycles. The van der Waals surface area contributed by atoms with Crippen molar-refractivity contribution in [1.82, 2.24) is 0 Å². The van der Waals surface area contributed by atoms with Crippen molar-refractivity contribution < 1.29 is 8.78 Å². The standard InChI is InChI=1S/C13H13F2N/c1-2-11-12(14)8-10(9-13(11)15)16-6-4-3-5-7-16/h1,8-9H,3-7H2. The zero-order chi connectivity index (χ0) is 11.5. The second-order valence-corrected chi connectivity index (χ2v) is 3.98. The first-order valence-electron chi connectivity index (χ1n) is 5.43. The summed E-state index contributed by atoms with van der Waals surface area (Å²) in [7, 11) is 0. The van der Waals surface area contributed by atoms with Crippen molar-refractivity contribution in [3.05, 3.63) is 29.3 Å². The molecule has 0 spiro atoms. The molecule has 16 heavy (non-hydrogen) atoms. The van der Waals surface area contributed by atoms with E-state index in [9.17, 15) is 8.78 Å². The summed E-state index contributed by atoms with van der Waals surface area (Å²) in [6.07, 6.45) is 8.36. The molecular weight excluding hydrogens is 208 g/mol. The van der Waals surface area contributed by atoms with Gasteiger partial charge in [-0.25, -0.2) is 8.78 Å². The molecule has 1 fully saturated rings. The van der Waals surface area contributed by atoms with Crippen LogP contribution in [0, 0.1) is 24.0 Å². The molecule has 0 bridgehead atoms. The van der Waals surface area contributed by atoms with Crippen molar-refractivity contribution >= 4 is 5.69 Å². The number of nitrogens with zero attached hydrogens (tertiary/aromatic N) is 1. The van der Waals surface area contributed by atoms with E-state index >= 15 is 0 Å². The van der Waals surface area contributed by atoms with E-state index in [4.69, 9.17) is 6.42 Å². The molecule has 0 atom stereocenters. The van der Waals surface area contributed by atoms with E-state index in [2.05, 4.69) is 0 Å². The van der Waals surface area contributed by atoms with Gasteiger partial charge < -0.3 is 4.90 Å². The first kappa shape index (κ1) is 10.9. The quantitative estimate of drug-likeness (QED) is 0.659. The van der Waals surface area contributed by atoms with Crippen molar-refractivity contribution in [1.29, 1.82) is 0 Å². The summed E-state index contributed by atoms with van der Waals surface area (Å²) in [4.78, 5) is 2.00. The van der Waals surface area contributed by atoms with Crippen LogP contribution in [0.2, 0.25) is 0 Å². The van der Waals surface area contributed by atoms with Crippen LogP contribution in [0.5, 0.6) is 0 Å². The fraction of sp³-hybridized carbons (Fsp3) is 0.385. The van der Waals surface area contributed by atoms with Gasteiger partial charge in [-0.1, -0.05) is 5.92 Å². The number of rotatable bonds is 1. The average molecular weight is 221 g/mol. The third kappa shape index (κ3) is 2.01. The minimum atomic E-state index is -0.650. The molecule has 0 radical (unpaired) electrons. The number of hydrogen-bond acceptors (Lipinski definition) is 1. The number of anilines is 1. The zero-order valence-corrected chi connectivity index (χ0v) is 8.97. The molecule has 2 rings (SSSR count). The molecule has 0 unspecified atom stereocenters. The molecule has 1 aromatic rings. The number of hydrogen-bond donors (Lipinski definition) is 0. The van der Waals surface area contributed by atoms with Crippen LogP contribution in [0.4, 0.5) is 14.5 Å². The Hall–Kier alpha value is -1.56. The number of halogens is 2. The molecule has 1 nitrogen and oxygen atoms in total. The van der Waals surface area contributed by atoms with E-state index < -0.39 is 11.6 Å². The van der Waals surface area contributed by atoms with Gasteiger partial charge in [-0.05, 0) is 31.4 Å². The molecule has 1 heterocycles. The van der Waals surface area contributed by atoms with E-state index in [1.54, 1.807) is 0 Å². The van der Waals surface area contributed by atoms with Crippen molar-refractivity contribution in [3.8, 4) is 12.3 Å². The molecule has 1 aliphatic rings. The van der Waals surface area contributed by atoms with Gasteiger partial charge in [0.1, 0.15) is 11.6 Å². The summed E-state index contributed by atoms with van der Waals surface area (Å²) >= 11 is 0. The van der Waals surface area contributed by atoms with Crippen molar-refractivity contribution in [2.45, 2.75) is 19.3 Å². The van der Waals surface area contributed by atoms with Gasteiger partial charge in [0.2, 0.25) is 0 Å². The average Bonchev–Trinajstić information content (AvgIpc) is 2.30. The van der Waals surface area contributed by atoms with E-state index in [1.165, 1.54) is 18.6 Å². The van der Waals surface area contributed by atoms with Crippen LogP contribution in [0.3, 0.4) is 0 Å². The molecule has 1 aliphatic heterocycles. The van der Waals surface area contributed by atoms with Gasteiger partial charge in [0.15, 0.2) is 0 Å². The Morgan fingerprint density at radius 3 is 2.12 bits per heavy atom. The third-order valence-corrected chi connectivity index (χ3v) is 2.89. The predicted molar refractivity (Wildman–Crippen MR) is 60.4 cm³/mol. The summed E-state index contributed by atoms with van der Waals surface area (Å²) in [6.45, 7) is 1.71. The fourth-order valence-corrected chi connectivity index (χ4v) is 2.03. The van der Waals surface area contributed by atoms with E-state index in [-0.39, 0.29) is 5.56 Å². The molecular formula is C13H13F2N. The van der Waals surface area contributed by atoms with Crippen LogP contribution < -0.4 is 4.90 Å². The van der Waals surface area contributed by atoms with Crippen LogP contribution >= 0.6 is 0 Å². The van der Waals surface area contributed by atoms with Gasteiger partial charge in [-0.2, -0.15) is 0 Å². The molecule has 0 aromatic heterocycles. The van der Waals surface area contributed by atoms with E-state index in [0.717, 1.165) is 25.9 Å². The van der Waals surface area contributed by atoms with Gasteiger partial charge in [0.25, 0.3) is 0 Å². The molecule has 0 amide bonds. The minimum Gasteiger partial charge on any atom is -0.371 e. The lowest BCUT2D eigenvalue weighted by Crippen LogP contribution is -2.29. The van der Waals surface area contributed by atoms with Gasteiger partial charge in [0, 0.05) is 18.8 Å². The van der Waals surface area contributed by atoms with Crippen LogP contribution in [0.1, 0.15) is 24.8 Å². The Morgan fingerprint density at radius 1 is 1.06 bits per heavy atom. The fourth-order valence-electron chi connectivity index (χ4n) is 2.03. The summed E-state index contributed by atoms with van der Waals surface area (Å²) in [6, 6.07) is 2.65. The molecule has 3 heteroatoms. The maximum absolute atomic E-state index is 13.5. The normalized spacial score (nSPS) is 15.9. The van der Waals surface area contributed by atoms with Crippen molar-refractivity contribution in [3.63, 3.8) is 0 Å². The lowest BCUT2D eigenvalue weighted by molar-refractivity contribution is 0.559. The number of terminal acetylenes is 1. The topological polar surface area (TPSA) is 3.24 Å². The van der Waals surface area contributed by atoms with Crippen molar-refractivity contribution in [2.24, 2.45) is 0 Å². The van der Waals surface area contributed by atoms with Gasteiger partial charge in [0.05, 0.1) is 5.56 Å². The zero-order valence-electron chi connectivity index (χ0n) is 8.97. The monoisotopic (exact) mass is 221 g/mol. The minimum absolute atomic E-state index is 0.277. The molecule has 1 aromatic carbocycles. The van der Waals surface area contributed by atoms with Gasteiger partial charge >= 0.3 is 0 Å². The van der Waals surface area contributed by atoms with Crippen LogP contribution in [-0.4, -0.2) is 13.1 Å². The maximum atomic E-state index is 13.5. The molecule has 0 N–H and O–H groups in total. The van der Waals surface area contributed by atoms with Gasteiger partial charge in [-0.15, -0.1) is 6.42 Å². The predicted octanol–water partition coefficient (Wildman–Crippen LogP) is 2.94. The largest absolute Gasteiger partial charge is 0.371 e. The highest BCUT2D eigenvalue weighted by Gasteiger charge is 2.15. The second-order valence-electron chi connectivity index (χ2n) is 3.98. The maximum Gasteiger partial charge on any atom is 0.143 e. The third-order valence-electron chi connectivity index (χ3n) is 2.89. The van der Waals surface area contributed by atoms with Crippen LogP contribution in [0.15, 0.2) is 12.1 Å². The van der Waals surface area contributed by atoms with Crippen molar-refractivity contribution in [2.75, 3.05) is 18.0 Å². The highest BCUT2D eigenvalue weighted by molar-refractivity contribution is 5.52. The Balaban J connectivity index is 2.32. The number of benzene rings is 1. The lowest BCUT2D eigenvalue weighted by atomic mass is 10.1. The highest BCUT2D eigenvalue weighted by atomic mass is 19.1. The number of piperidine rings is 1. The van der Waals surface area contributed by atoms with Crippen LogP contribution in [0.25, 0.3) is 0 Å². The summed E-state index contributed by atoms with van der Waals surface area (Å²) in [5, 5.41) is 0.